The minimum absolute atomic E-state index is 0.199. The molecular weight excluding hydrogens is 388 g/mol. The summed E-state index contributed by atoms with van der Waals surface area (Å²) in [5.74, 6) is 0.533. The SMILES string of the molecule is COc1ccccc1CCCNC(=O)c1ccc(N(C)S(C)(=O)=O)cc1Cl. The van der Waals surface area contributed by atoms with E-state index in [1.54, 1.807) is 13.2 Å². The lowest BCUT2D eigenvalue weighted by Crippen LogP contribution is -2.26. The number of carbonyl (C=O) groups is 1. The van der Waals surface area contributed by atoms with Gasteiger partial charge in [-0.05, 0) is 42.7 Å². The van der Waals surface area contributed by atoms with Crippen LogP contribution in [0.4, 0.5) is 5.69 Å². The summed E-state index contributed by atoms with van der Waals surface area (Å²) in [6, 6.07) is 12.3. The van der Waals surface area contributed by atoms with E-state index >= 15 is 0 Å². The topological polar surface area (TPSA) is 75.7 Å². The van der Waals surface area contributed by atoms with E-state index in [0.29, 0.717) is 17.8 Å². The van der Waals surface area contributed by atoms with Crippen molar-refractivity contribution in [1.29, 1.82) is 0 Å². The number of ether oxygens (including phenoxy) is 1. The molecule has 0 bridgehead atoms. The van der Waals surface area contributed by atoms with Gasteiger partial charge in [0.2, 0.25) is 10.0 Å². The van der Waals surface area contributed by atoms with Gasteiger partial charge in [-0.2, -0.15) is 0 Å². The van der Waals surface area contributed by atoms with Crippen LogP contribution in [0.5, 0.6) is 5.75 Å². The molecule has 6 nitrogen and oxygen atoms in total. The number of aryl methyl sites for hydroxylation is 1. The number of anilines is 1. The third kappa shape index (κ3) is 5.61. The Kier molecular flexibility index (Phi) is 7.10. The first-order chi connectivity index (χ1) is 12.7. The fourth-order valence-electron chi connectivity index (χ4n) is 2.56. The molecule has 0 aliphatic rings. The van der Waals surface area contributed by atoms with Gasteiger partial charge in [-0.25, -0.2) is 8.42 Å². The van der Waals surface area contributed by atoms with Gasteiger partial charge in [0.25, 0.3) is 5.91 Å². The largest absolute Gasteiger partial charge is 0.496 e. The molecule has 0 heterocycles. The highest BCUT2D eigenvalue weighted by Gasteiger charge is 2.16. The first kappa shape index (κ1) is 21.1. The van der Waals surface area contributed by atoms with Gasteiger partial charge < -0.3 is 10.1 Å². The molecule has 2 aromatic rings. The second-order valence-electron chi connectivity index (χ2n) is 6.07. The summed E-state index contributed by atoms with van der Waals surface area (Å²) in [4.78, 5) is 12.3. The summed E-state index contributed by atoms with van der Waals surface area (Å²) in [7, 11) is -0.330. The van der Waals surface area contributed by atoms with Crippen molar-refractivity contribution in [2.45, 2.75) is 12.8 Å². The van der Waals surface area contributed by atoms with Crippen LogP contribution in [0, 0.1) is 0 Å². The van der Waals surface area contributed by atoms with Gasteiger partial charge in [0.1, 0.15) is 5.75 Å². The fraction of sp³-hybridized carbons (Fsp3) is 0.316. The maximum absolute atomic E-state index is 12.3. The standard InChI is InChI=1S/C19H23ClN2O4S/c1-22(27(3,24)25)15-10-11-16(17(20)13-15)19(23)21-12-6-8-14-7-4-5-9-18(14)26-2/h4-5,7,9-11,13H,6,8,12H2,1-3H3,(H,21,23). The molecule has 0 saturated heterocycles. The molecule has 1 N–H and O–H groups in total. The number of rotatable bonds is 8. The van der Waals surface area contributed by atoms with Crippen molar-refractivity contribution in [3.05, 3.63) is 58.6 Å². The summed E-state index contributed by atoms with van der Waals surface area (Å²) >= 11 is 6.17. The minimum Gasteiger partial charge on any atom is -0.496 e. The summed E-state index contributed by atoms with van der Waals surface area (Å²) < 4.78 is 29.6. The molecule has 27 heavy (non-hydrogen) atoms. The van der Waals surface area contributed by atoms with Gasteiger partial charge >= 0.3 is 0 Å². The van der Waals surface area contributed by atoms with Crippen LogP contribution < -0.4 is 14.4 Å². The zero-order valence-corrected chi connectivity index (χ0v) is 17.1. The molecule has 0 radical (unpaired) electrons. The number of nitrogens with zero attached hydrogens (tertiary/aromatic N) is 1. The van der Waals surface area contributed by atoms with Crippen LogP contribution in [0.25, 0.3) is 0 Å². The Bertz CT molecular complexity index is 916. The van der Waals surface area contributed by atoms with E-state index in [2.05, 4.69) is 5.32 Å². The first-order valence-corrected chi connectivity index (χ1v) is 10.6. The number of halogens is 1. The number of amides is 1. The van der Waals surface area contributed by atoms with E-state index in [1.807, 2.05) is 24.3 Å². The molecule has 8 heteroatoms. The lowest BCUT2D eigenvalue weighted by Gasteiger charge is -2.17. The molecule has 0 aliphatic carbocycles. The molecule has 0 atom stereocenters. The average molecular weight is 411 g/mol. The molecule has 0 aromatic heterocycles. The van der Waals surface area contributed by atoms with Crippen molar-refractivity contribution in [2.75, 3.05) is 31.3 Å². The van der Waals surface area contributed by atoms with E-state index in [1.165, 1.54) is 19.2 Å². The number of carbonyl (C=O) groups excluding carboxylic acids is 1. The van der Waals surface area contributed by atoms with Crippen LogP contribution in [-0.2, 0) is 16.4 Å². The van der Waals surface area contributed by atoms with Gasteiger partial charge in [-0.15, -0.1) is 0 Å². The maximum Gasteiger partial charge on any atom is 0.252 e. The second kappa shape index (κ2) is 9.10. The number of hydrogen-bond donors (Lipinski definition) is 1. The monoisotopic (exact) mass is 410 g/mol. The number of benzene rings is 2. The van der Waals surface area contributed by atoms with Crippen molar-refractivity contribution >= 4 is 33.2 Å². The van der Waals surface area contributed by atoms with Crippen molar-refractivity contribution in [3.63, 3.8) is 0 Å². The maximum atomic E-state index is 12.3. The fourth-order valence-corrected chi connectivity index (χ4v) is 3.32. The van der Waals surface area contributed by atoms with Crippen molar-refractivity contribution in [2.24, 2.45) is 0 Å². The Hall–Kier alpha value is -2.25. The van der Waals surface area contributed by atoms with Crippen LogP contribution in [0.2, 0.25) is 5.02 Å². The average Bonchev–Trinajstić information content (AvgIpc) is 2.63. The van der Waals surface area contributed by atoms with Crippen LogP contribution in [-0.4, -0.2) is 41.3 Å². The molecule has 0 spiro atoms. The van der Waals surface area contributed by atoms with Crippen molar-refractivity contribution in [3.8, 4) is 5.75 Å². The molecule has 0 aliphatic heterocycles. The van der Waals surface area contributed by atoms with E-state index in [4.69, 9.17) is 16.3 Å². The zero-order valence-electron chi connectivity index (χ0n) is 15.5. The lowest BCUT2D eigenvalue weighted by molar-refractivity contribution is 0.0953. The van der Waals surface area contributed by atoms with Crippen LogP contribution in [0.1, 0.15) is 22.3 Å². The smallest absolute Gasteiger partial charge is 0.252 e. The van der Waals surface area contributed by atoms with Crippen molar-refractivity contribution < 1.29 is 17.9 Å². The van der Waals surface area contributed by atoms with E-state index in [-0.39, 0.29) is 10.9 Å². The predicted octanol–water partition coefficient (Wildman–Crippen LogP) is 3.11. The van der Waals surface area contributed by atoms with Crippen LogP contribution >= 0.6 is 11.6 Å². The minimum atomic E-state index is -3.39. The van der Waals surface area contributed by atoms with Gasteiger partial charge in [0.15, 0.2) is 0 Å². The number of hydrogen-bond acceptors (Lipinski definition) is 4. The number of para-hydroxylation sites is 1. The molecule has 0 unspecified atom stereocenters. The Balaban J connectivity index is 1.94. The zero-order chi connectivity index (χ0) is 20.0. The molecule has 0 fully saturated rings. The molecule has 1 amide bonds. The third-order valence-corrected chi connectivity index (χ3v) is 5.68. The summed E-state index contributed by atoms with van der Waals surface area (Å²) in [5.41, 5.74) is 1.79. The molecule has 2 aromatic carbocycles. The van der Waals surface area contributed by atoms with E-state index in [9.17, 15) is 13.2 Å². The third-order valence-electron chi connectivity index (χ3n) is 4.16. The number of nitrogens with one attached hydrogen (secondary N) is 1. The Morgan fingerprint density at radius 1 is 1.22 bits per heavy atom. The Morgan fingerprint density at radius 2 is 1.93 bits per heavy atom. The second-order valence-corrected chi connectivity index (χ2v) is 8.49. The van der Waals surface area contributed by atoms with E-state index in [0.717, 1.165) is 34.7 Å². The summed E-state index contributed by atoms with van der Waals surface area (Å²) in [5, 5.41) is 3.03. The van der Waals surface area contributed by atoms with Crippen molar-refractivity contribution in [1.82, 2.24) is 5.32 Å². The predicted molar refractivity (Wildman–Crippen MR) is 108 cm³/mol. The van der Waals surface area contributed by atoms with Gasteiger partial charge in [-0.3, -0.25) is 9.10 Å². The first-order valence-electron chi connectivity index (χ1n) is 8.37. The lowest BCUT2D eigenvalue weighted by atomic mass is 10.1. The number of sulfonamides is 1. The molecule has 2 rings (SSSR count). The number of methoxy groups -OCH3 is 1. The quantitative estimate of drug-likeness (QED) is 0.678. The summed E-state index contributed by atoms with van der Waals surface area (Å²) in [6.07, 6.45) is 2.62. The Morgan fingerprint density at radius 3 is 2.56 bits per heavy atom. The summed E-state index contributed by atoms with van der Waals surface area (Å²) in [6.45, 7) is 0.484. The van der Waals surface area contributed by atoms with Crippen LogP contribution in [0.15, 0.2) is 42.5 Å². The molecule has 0 saturated carbocycles. The van der Waals surface area contributed by atoms with Gasteiger partial charge in [0, 0.05) is 13.6 Å². The molecular formula is C19H23ClN2O4S. The van der Waals surface area contributed by atoms with E-state index < -0.39 is 10.0 Å². The highest BCUT2D eigenvalue weighted by Crippen LogP contribution is 2.24. The van der Waals surface area contributed by atoms with Gasteiger partial charge in [-0.1, -0.05) is 29.8 Å². The normalized spacial score (nSPS) is 11.1. The van der Waals surface area contributed by atoms with Gasteiger partial charge in [0.05, 0.1) is 29.6 Å². The molecule has 146 valence electrons. The van der Waals surface area contributed by atoms with Crippen LogP contribution in [0.3, 0.4) is 0 Å². The highest BCUT2D eigenvalue weighted by molar-refractivity contribution is 7.92. The Labute approximate surface area is 165 Å². The highest BCUT2D eigenvalue weighted by atomic mass is 35.5.